The largest absolute Gasteiger partial charge is 0.489 e. The molecule has 0 N–H and O–H groups in total. The van der Waals surface area contributed by atoms with Crippen molar-refractivity contribution in [3.05, 3.63) is 84.2 Å². The van der Waals surface area contributed by atoms with Gasteiger partial charge < -0.3 is 9.47 Å². The molecule has 0 aliphatic rings. The first-order chi connectivity index (χ1) is 10.8. The lowest BCUT2D eigenvalue weighted by Crippen LogP contribution is -1.95. The van der Waals surface area contributed by atoms with E-state index in [-0.39, 0.29) is 0 Å². The highest BCUT2D eigenvalue weighted by Gasteiger charge is 2.01. The summed E-state index contributed by atoms with van der Waals surface area (Å²) in [6, 6.07) is 19.5. The van der Waals surface area contributed by atoms with Crippen molar-refractivity contribution in [2.75, 3.05) is 0 Å². The fourth-order valence-corrected chi connectivity index (χ4v) is 2.02. The normalized spacial score (nSPS) is 10.2. The second-order valence-corrected chi connectivity index (χ2v) is 5.03. The summed E-state index contributed by atoms with van der Waals surface area (Å²) in [6.07, 6.45) is 3.52. The van der Waals surface area contributed by atoms with Crippen LogP contribution in [0.1, 0.15) is 11.1 Å². The molecule has 0 saturated heterocycles. The Hall–Kier alpha value is -2.81. The van der Waals surface area contributed by atoms with Gasteiger partial charge in [0, 0.05) is 18.5 Å². The van der Waals surface area contributed by atoms with Gasteiger partial charge in [0.25, 0.3) is 0 Å². The Labute approximate surface area is 130 Å². The van der Waals surface area contributed by atoms with Crippen LogP contribution in [0.4, 0.5) is 0 Å². The summed E-state index contributed by atoms with van der Waals surface area (Å²) in [7, 11) is 0. The van der Waals surface area contributed by atoms with Crippen LogP contribution in [0.5, 0.6) is 17.2 Å². The van der Waals surface area contributed by atoms with Crippen molar-refractivity contribution in [3.63, 3.8) is 0 Å². The number of ether oxygens (including phenoxy) is 2. The predicted octanol–water partition coefficient (Wildman–Crippen LogP) is 4.76. The van der Waals surface area contributed by atoms with E-state index >= 15 is 0 Å². The van der Waals surface area contributed by atoms with E-state index in [1.54, 1.807) is 12.4 Å². The van der Waals surface area contributed by atoms with Crippen LogP contribution in [0.15, 0.2) is 73.1 Å². The molecule has 3 nitrogen and oxygen atoms in total. The van der Waals surface area contributed by atoms with Gasteiger partial charge in [0.2, 0.25) is 0 Å². The van der Waals surface area contributed by atoms with Crippen LogP contribution >= 0.6 is 0 Å². The zero-order valence-electron chi connectivity index (χ0n) is 12.4. The molecule has 0 unspecified atom stereocenters. The van der Waals surface area contributed by atoms with Crippen molar-refractivity contribution < 1.29 is 9.47 Å². The summed E-state index contributed by atoms with van der Waals surface area (Å²) in [5, 5.41) is 0. The molecule has 110 valence electrons. The summed E-state index contributed by atoms with van der Waals surface area (Å²) in [6.45, 7) is 2.56. The lowest BCUT2D eigenvalue weighted by molar-refractivity contribution is 0.304. The number of aromatic nitrogens is 1. The maximum Gasteiger partial charge on any atom is 0.131 e. The van der Waals surface area contributed by atoms with Crippen LogP contribution in [0.25, 0.3) is 0 Å². The first kappa shape index (κ1) is 14.1. The zero-order chi connectivity index (χ0) is 15.2. The summed E-state index contributed by atoms with van der Waals surface area (Å²) in [4.78, 5) is 3.99. The molecular weight excluding hydrogens is 274 g/mol. The Morgan fingerprint density at radius 3 is 2.32 bits per heavy atom. The van der Waals surface area contributed by atoms with Crippen LogP contribution in [-0.4, -0.2) is 4.98 Å². The number of nitrogens with zero attached hydrogens (tertiary/aromatic N) is 1. The number of hydrogen-bond acceptors (Lipinski definition) is 3. The molecule has 3 aromatic rings. The second-order valence-electron chi connectivity index (χ2n) is 5.03. The third-order valence-electron chi connectivity index (χ3n) is 3.22. The van der Waals surface area contributed by atoms with Gasteiger partial charge in [-0.15, -0.1) is 0 Å². The first-order valence-electron chi connectivity index (χ1n) is 7.16. The highest BCUT2D eigenvalue weighted by molar-refractivity contribution is 5.37. The van der Waals surface area contributed by atoms with Gasteiger partial charge in [-0.3, -0.25) is 4.98 Å². The van der Waals surface area contributed by atoms with E-state index < -0.39 is 0 Å². The summed E-state index contributed by atoms with van der Waals surface area (Å²) < 4.78 is 11.6. The lowest BCUT2D eigenvalue weighted by atomic mass is 10.2. The molecule has 0 spiro atoms. The fraction of sp³-hybridized carbons (Fsp3) is 0.105. The third-order valence-corrected chi connectivity index (χ3v) is 3.22. The van der Waals surface area contributed by atoms with Gasteiger partial charge in [-0.1, -0.05) is 23.8 Å². The number of hydrogen-bond donors (Lipinski definition) is 0. The Bertz CT molecular complexity index is 724. The Morgan fingerprint density at radius 2 is 1.55 bits per heavy atom. The molecule has 2 aromatic carbocycles. The van der Waals surface area contributed by atoms with Crippen LogP contribution in [-0.2, 0) is 6.61 Å². The monoisotopic (exact) mass is 291 g/mol. The van der Waals surface area contributed by atoms with Gasteiger partial charge in [0.15, 0.2) is 0 Å². The second kappa shape index (κ2) is 6.76. The number of benzene rings is 2. The molecular formula is C19H17NO2. The molecule has 0 bridgehead atoms. The number of pyridine rings is 1. The minimum absolute atomic E-state index is 0.510. The summed E-state index contributed by atoms with van der Waals surface area (Å²) >= 11 is 0. The maximum absolute atomic E-state index is 5.84. The molecule has 0 saturated carbocycles. The lowest BCUT2D eigenvalue weighted by Gasteiger charge is -2.09. The first-order valence-corrected chi connectivity index (χ1v) is 7.16. The molecule has 3 rings (SSSR count). The molecule has 0 aliphatic carbocycles. The topological polar surface area (TPSA) is 31.4 Å². The summed E-state index contributed by atoms with van der Waals surface area (Å²) in [5.74, 6) is 2.36. The number of rotatable bonds is 5. The molecule has 1 heterocycles. The molecule has 1 aromatic heterocycles. The molecule has 22 heavy (non-hydrogen) atoms. The molecule has 0 aliphatic heterocycles. The average Bonchev–Trinajstić information content (AvgIpc) is 2.57. The predicted molar refractivity (Wildman–Crippen MR) is 86.3 cm³/mol. The van der Waals surface area contributed by atoms with Gasteiger partial charge in [0.05, 0.1) is 0 Å². The van der Waals surface area contributed by atoms with Crippen LogP contribution < -0.4 is 9.47 Å². The van der Waals surface area contributed by atoms with Crippen molar-refractivity contribution in [1.29, 1.82) is 0 Å². The Balaban J connectivity index is 1.66. The maximum atomic E-state index is 5.84. The molecule has 0 amide bonds. The molecule has 0 fully saturated rings. The fourth-order valence-electron chi connectivity index (χ4n) is 2.02. The van der Waals surface area contributed by atoms with E-state index in [2.05, 4.69) is 11.9 Å². The zero-order valence-corrected chi connectivity index (χ0v) is 12.4. The van der Waals surface area contributed by atoms with Gasteiger partial charge in [-0.05, 0) is 48.9 Å². The van der Waals surface area contributed by atoms with Gasteiger partial charge >= 0.3 is 0 Å². The SMILES string of the molecule is Cc1ccc(Oc2cccc(OCc3ccncc3)c2)cc1. The van der Waals surface area contributed by atoms with E-state index in [1.807, 2.05) is 60.7 Å². The van der Waals surface area contributed by atoms with E-state index in [0.29, 0.717) is 6.61 Å². The minimum Gasteiger partial charge on any atom is -0.489 e. The Morgan fingerprint density at radius 1 is 0.818 bits per heavy atom. The van der Waals surface area contributed by atoms with Crippen molar-refractivity contribution in [2.24, 2.45) is 0 Å². The standard InChI is InChI=1S/C19H17NO2/c1-15-5-7-17(8-6-15)22-19-4-2-3-18(13-19)21-14-16-9-11-20-12-10-16/h2-13H,14H2,1H3. The smallest absolute Gasteiger partial charge is 0.131 e. The summed E-state index contributed by atoms with van der Waals surface area (Å²) in [5.41, 5.74) is 2.29. The quantitative estimate of drug-likeness (QED) is 0.679. The highest BCUT2D eigenvalue weighted by Crippen LogP contribution is 2.25. The van der Waals surface area contributed by atoms with Gasteiger partial charge in [0.1, 0.15) is 23.9 Å². The van der Waals surface area contributed by atoms with Crippen molar-refractivity contribution in [2.45, 2.75) is 13.5 Å². The molecule has 0 atom stereocenters. The van der Waals surface area contributed by atoms with Crippen LogP contribution in [0.2, 0.25) is 0 Å². The van der Waals surface area contributed by atoms with Crippen molar-refractivity contribution in [1.82, 2.24) is 4.98 Å². The van der Waals surface area contributed by atoms with Crippen LogP contribution in [0.3, 0.4) is 0 Å². The van der Waals surface area contributed by atoms with E-state index in [0.717, 1.165) is 22.8 Å². The van der Waals surface area contributed by atoms with Crippen molar-refractivity contribution in [3.8, 4) is 17.2 Å². The average molecular weight is 291 g/mol. The van der Waals surface area contributed by atoms with E-state index in [9.17, 15) is 0 Å². The van der Waals surface area contributed by atoms with E-state index in [1.165, 1.54) is 5.56 Å². The molecule has 0 radical (unpaired) electrons. The van der Waals surface area contributed by atoms with Gasteiger partial charge in [-0.2, -0.15) is 0 Å². The highest BCUT2D eigenvalue weighted by atomic mass is 16.5. The molecule has 3 heteroatoms. The Kier molecular flexibility index (Phi) is 4.35. The van der Waals surface area contributed by atoms with Crippen molar-refractivity contribution >= 4 is 0 Å². The van der Waals surface area contributed by atoms with Gasteiger partial charge in [-0.25, -0.2) is 0 Å². The van der Waals surface area contributed by atoms with Crippen LogP contribution in [0, 0.1) is 6.92 Å². The van der Waals surface area contributed by atoms with E-state index in [4.69, 9.17) is 9.47 Å². The third kappa shape index (κ3) is 3.85. The number of aryl methyl sites for hydroxylation is 1. The minimum atomic E-state index is 0.510.